The highest BCUT2D eigenvalue weighted by atomic mass is 79.9. The average Bonchev–Trinajstić information content (AvgIpc) is 3.02. The minimum absolute atomic E-state index is 0.00188. The van der Waals surface area contributed by atoms with Crippen LogP contribution in [0.2, 0.25) is 0 Å². The largest absolute Gasteiger partial charge is 0.354 e. The first-order valence-electron chi connectivity index (χ1n) is 8.49. The number of aromatic nitrogens is 1. The van der Waals surface area contributed by atoms with Crippen molar-refractivity contribution in [3.63, 3.8) is 0 Å². The highest BCUT2D eigenvalue weighted by Gasteiger charge is 2.22. The van der Waals surface area contributed by atoms with Gasteiger partial charge in [-0.1, -0.05) is 13.8 Å². The molecule has 2 aromatic heterocycles. The molecule has 148 valence electrons. The number of hydrogen-bond acceptors (Lipinski definition) is 5. The highest BCUT2D eigenvalue weighted by Crippen LogP contribution is 2.22. The van der Waals surface area contributed by atoms with Crippen molar-refractivity contribution in [2.45, 2.75) is 31.7 Å². The number of nitrogens with one attached hydrogen (secondary N) is 1. The summed E-state index contributed by atoms with van der Waals surface area (Å²) in [6.07, 6.45) is 1.92. The molecule has 27 heavy (non-hydrogen) atoms. The maximum absolute atomic E-state index is 12.6. The van der Waals surface area contributed by atoms with Crippen molar-refractivity contribution in [3.05, 3.63) is 49.5 Å². The standard InChI is InChI=1S/C17H22BrN3O4S2/c1-3-21(4-2)27(24,25)14-6-8-17(23)20(11-14)12-16(22)19-10-9-13-5-7-15(18)26-13/h5-8,11H,3-4,9-10,12H2,1-2H3,(H,19,22). The van der Waals surface area contributed by atoms with E-state index in [1.54, 1.807) is 25.2 Å². The number of thiophene rings is 1. The van der Waals surface area contributed by atoms with Crippen LogP contribution in [0.15, 0.2) is 43.9 Å². The van der Waals surface area contributed by atoms with Gasteiger partial charge in [0.15, 0.2) is 0 Å². The van der Waals surface area contributed by atoms with Crippen LogP contribution in [0.5, 0.6) is 0 Å². The second kappa shape index (κ2) is 9.63. The maximum Gasteiger partial charge on any atom is 0.251 e. The van der Waals surface area contributed by atoms with Crippen molar-refractivity contribution in [1.82, 2.24) is 14.2 Å². The molecule has 2 heterocycles. The number of nitrogens with zero attached hydrogens (tertiary/aromatic N) is 2. The van der Waals surface area contributed by atoms with Crippen molar-refractivity contribution in [2.75, 3.05) is 19.6 Å². The van der Waals surface area contributed by atoms with Crippen LogP contribution in [0.1, 0.15) is 18.7 Å². The normalized spacial score (nSPS) is 11.7. The molecule has 0 aliphatic carbocycles. The SMILES string of the molecule is CCN(CC)S(=O)(=O)c1ccc(=O)n(CC(=O)NCCc2ccc(Br)s2)c1. The van der Waals surface area contributed by atoms with Crippen LogP contribution >= 0.6 is 27.3 Å². The third-order valence-electron chi connectivity index (χ3n) is 3.94. The molecule has 0 aliphatic rings. The van der Waals surface area contributed by atoms with Gasteiger partial charge in [0.05, 0.1) is 8.68 Å². The molecule has 7 nitrogen and oxygen atoms in total. The first kappa shape index (κ1) is 21.8. The molecule has 0 unspecified atom stereocenters. The van der Waals surface area contributed by atoms with Gasteiger partial charge >= 0.3 is 0 Å². The van der Waals surface area contributed by atoms with Gasteiger partial charge in [-0.05, 0) is 40.5 Å². The van der Waals surface area contributed by atoms with Crippen molar-refractivity contribution in [3.8, 4) is 0 Å². The molecule has 0 saturated heterocycles. The zero-order valence-corrected chi connectivity index (χ0v) is 18.4. The molecule has 2 aromatic rings. The fraction of sp³-hybridized carbons (Fsp3) is 0.412. The molecule has 10 heteroatoms. The van der Waals surface area contributed by atoms with Gasteiger partial charge in [0.25, 0.3) is 5.56 Å². The summed E-state index contributed by atoms with van der Waals surface area (Å²) in [4.78, 5) is 25.3. The minimum atomic E-state index is -3.69. The Balaban J connectivity index is 2.05. The molecular weight excluding hydrogens is 454 g/mol. The second-order valence-corrected chi connectivity index (χ2v) is 10.2. The minimum Gasteiger partial charge on any atom is -0.354 e. The molecule has 0 aromatic carbocycles. The smallest absolute Gasteiger partial charge is 0.251 e. The summed E-state index contributed by atoms with van der Waals surface area (Å²) in [6.45, 7) is 4.37. The van der Waals surface area contributed by atoms with Gasteiger partial charge in [-0.25, -0.2) is 8.42 Å². The summed E-state index contributed by atoms with van der Waals surface area (Å²) in [6, 6.07) is 6.38. The lowest BCUT2D eigenvalue weighted by molar-refractivity contribution is -0.121. The summed E-state index contributed by atoms with van der Waals surface area (Å²) in [5, 5.41) is 2.75. The number of amides is 1. The number of carbonyl (C=O) groups excluding carboxylic acids is 1. The fourth-order valence-electron chi connectivity index (χ4n) is 2.52. The Morgan fingerprint density at radius 2 is 1.93 bits per heavy atom. The molecule has 1 N–H and O–H groups in total. The van der Waals surface area contributed by atoms with Crippen molar-refractivity contribution in [1.29, 1.82) is 0 Å². The summed E-state index contributed by atoms with van der Waals surface area (Å²) in [5.41, 5.74) is -0.425. The molecule has 0 spiro atoms. The van der Waals surface area contributed by atoms with Gasteiger partial charge in [-0.3, -0.25) is 9.59 Å². The Kier molecular flexibility index (Phi) is 7.78. The Morgan fingerprint density at radius 3 is 2.52 bits per heavy atom. The predicted molar refractivity (Wildman–Crippen MR) is 110 cm³/mol. The molecule has 0 atom stereocenters. The average molecular weight is 476 g/mol. The van der Waals surface area contributed by atoms with Gasteiger partial charge in [0.1, 0.15) is 6.54 Å². The molecule has 0 bridgehead atoms. The van der Waals surface area contributed by atoms with Gasteiger partial charge in [-0.15, -0.1) is 11.3 Å². The summed E-state index contributed by atoms with van der Waals surface area (Å²) < 4.78 is 28.6. The first-order valence-corrected chi connectivity index (χ1v) is 11.5. The van der Waals surface area contributed by atoms with E-state index < -0.39 is 15.6 Å². The Morgan fingerprint density at radius 1 is 1.22 bits per heavy atom. The van der Waals surface area contributed by atoms with Crippen LogP contribution in [-0.2, 0) is 27.8 Å². The number of hydrogen-bond donors (Lipinski definition) is 1. The number of carbonyl (C=O) groups is 1. The van der Waals surface area contributed by atoms with Crippen LogP contribution in [0.3, 0.4) is 0 Å². The molecular formula is C17H22BrN3O4S2. The Bertz CT molecular complexity index is 949. The topological polar surface area (TPSA) is 88.5 Å². The van der Waals surface area contributed by atoms with Crippen LogP contribution in [0, 0.1) is 0 Å². The van der Waals surface area contributed by atoms with Crippen molar-refractivity contribution in [2.24, 2.45) is 0 Å². The van der Waals surface area contributed by atoms with Crippen LogP contribution in [-0.4, -0.2) is 42.8 Å². The molecule has 2 rings (SSSR count). The van der Waals surface area contributed by atoms with E-state index >= 15 is 0 Å². The zero-order chi connectivity index (χ0) is 20.0. The van der Waals surface area contributed by atoms with E-state index in [1.165, 1.54) is 22.6 Å². The predicted octanol–water partition coefficient (Wildman–Crippen LogP) is 2.06. The monoisotopic (exact) mass is 475 g/mol. The molecule has 0 saturated carbocycles. The van der Waals surface area contributed by atoms with E-state index in [2.05, 4.69) is 21.2 Å². The lowest BCUT2D eigenvalue weighted by Gasteiger charge is -2.19. The number of sulfonamides is 1. The first-order chi connectivity index (χ1) is 12.8. The lowest BCUT2D eigenvalue weighted by atomic mass is 10.3. The zero-order valence-electron chi connectivity index (χ0n) is 15.1. The van der Waals surface area contributed by atoms with Gasteiger partial charge in [0, 0.05) is 36.8 Å². The van der Waals surface area contributed by atoms with E-state index in [9.17, 15) is 18.0 Å². The van der Waals surface area contributed by atoms with E-state index in [1.807, 2.05) is 12.1 Å². The third-order valence-corrected chi connectivity index (χ3v) is 7.65. The Labute approximate surface area is 171 Å². The second-order valence-electron chi connectivity index (χ2n) is 5.73. The summed E-state index contributed by atoms with van der Waals surface area (Å²) >= 11 is 4.99. The molecule has 0 aliphatic heterocycles. The number of rotatable bonds is 9. The highest BCUT2D eigenvalue weighted by molar-refractivity contribution is 9.11. The lowest BCUT2D eigenvalue weighted by Crippen LogP contribution is -2.35. The van der Waals surface area contributed by atoms with E-state index in [0.29, 0.717) is 26.1 Å². The van der Waals surface area contributed by atoms with Crippen LogP contribution < -0.4 is 10.9 Å². The van der Waals surface area contributed by atoms with E-state index in [-0.39, 0.29) is 17.3 Å². The van der Waals surface area contributed by atoms with E-state index in [0.717, 1.165) is 13.2 Å². The number of pyridine rings is 1. The van der Waals surface area contributed by atoms with Gasteiger partial charge in [-0.2, -0.15) is 4.31 Å². The summed E-state index contributed by atoms with van der Waals surface area (Å²) in [5.74, 6) is -0.342. The van der Waals surface area contributed by atoms with Gasteiger partial charge < -0.3 is 9.88 Å². The quantitative estimate of drug-likeness (QED) is 0.600. The maximum atomic E-state index is 12.6. The van der Waals surface area contributed by atoms with Gasteiger partial charge in [0.2, 0.25) is 15.9 Å². The van der Waals surface area contributed by atoms with E-state index in [4.69, 9.17) is 0 Å². The molecule has 0 radical (unpaired) electrons. The van der Waals surface area contributed by atoms with Crippen LogP contribution in [0.25, 0.3) is 0 Å². The molecule has 1 amide bonds. The fourth-order valence-corrected chi connectivity index (χ4v) is 5.48. The summed E-state index contributed by atoms with van der Waals surface area (Å²) in [7, 11) is -3.69. The Hall–Kier alpha value is -1.49. The van der Waals surface area contributed by atoms with Crippen molar-refractivity contribution < 1.29 is 13.2 Å². The van der Waals surface area contributed by atoms with Crippen LogP contribution in [0.4, 0.5) is 0 Å². The third kappa shape index (κ3) is 5.74. The number of halogens is 1. The van der Waals surface area contributed by atoms with Crippen molar-refractivity contribution >= 4 is 43.2 Å². The molecule has 0 fully saturated rings.